The lowest BCUT2D eigenvalue weighted by atomic mass is 9.95. The number of amides is 1. The first kappa shape index (κ1) is 16.3. The van der Waals surface area contributed by atoms with Gasteiger partial charge in [0.05, 0.1) is 23.0 Å². The number of carbonyl (C=O) groups is 2. The van der Waals surface area contributed by atoms with Gasteiger partial charge >= 0.3 is 5.97 Å². The molecule has 2 aromatic rings. The van der Waals surface area contributed by atoms with Crippen molar-refractivity contribution in [1.82, 2.24) is 0 Å². The molecule has 2 N–H and O–H groups in total. The summed E-state index contributed by atoms with van der Waals surface area (Å²) in [5.74, 6) is -2.28. The molecule has 0 aliphatic heterocycles. The van der Waals surface area contributed by atoms with E-state index in [4.69, 9.17) is 28.3 Å². The summed E-state index contributed by atoms with van der Waals surface area (Å²) >= 11 is 11.8. The van der Waals surface area contributed by atoms with Crippen LogP contribution in [0.1, 0.15) is 17.9 Å². The fraction of sp³-hybridized carbons (Fsp3) is 0.125. The van der Waals surface area contributed by atoms with Crippen molar-refractivity contribution in [3.8, 4) is 0 Å². The second-order valence-corrected chi connectivity index (χ2v) is 5.52. The lowest BCUT2D eigenvalue weighted by Gasteiger charge is -2.16. The Hall–Kier alpha value is -2.04. The summed E-state index contributed by atoms with van der Waals surface area (Å²) < 4.78 is 0. The van der Waals surface area contributed by atoms with E-state index in [-0.39, 0.29) is 6.42 Å². The molecule has 0 aliphatic carbocycles. The van der Waals surface area contributed by atoms with Crippen LogP contribution >= 0.6 is 23.2 Å². The third-order valence-corrected chi connectivity index (χ3v) is 3.63. The van der Waals surface area contributed by atoms with Gasteiger partial charge in [-0.1, -0.05) is 53.5 Å². The van der Waals surface area contributed by atoms with Crippen molar-refractivity contribution in [2.45, 2.75) is 12.3 Å². The minimum absolute atomic E-state index is 0.294. The Labute approximate surface area is 137 Å². The largest absolute Gasteiger partial charge is 0.481 e. The maximum Gasteiger partial charge on any atom is 0.304 e. The first-order valence-electron chi connectivity index (χ1n) is 6.50. The Morgan fingerprint density at radius 3 is 2.36 bits per heavy atom. The summed E-state index contributed by atoms with van der Waals surface area (Å²) in [5.41, 5.74) is 1.02. The second kappa shape index (κ2) is 7.29. The number of carboxylic acids is 1. The summed E-state index contributed by atoms with van der Waals surface area (Å²) in [6, 6.07) is 13.4. The van der Waals surface area contributed by atoms with Crippen LogP contribution in [-0.4, -0.2) is 17.0 Å². The SMILES string of the molecule is O=C(O)CC(C(=O)Nc1ccc(Cl)cc1Cl)c1ccccc1. The van der Waals surface area contributed by atoms with Crippen LogP contribution in [0.4, 0.5) is 5.69 Å². The number of carbonyl (C=O) groups excluding carboxylic acids is 1. The van der Waals surface area contributed by atoms with Gasteiger partial charge in [-0.25, -0.2) is 0 Å². The molecule has 0 heterocycles. The van der Waals surface area contributed by atoms with E-state index in [1.54, 1.807) is 42.5 Å². The molecule has 0 bridgehead atoms. The predicted octanol–water partition coefficient (Wildman–Crippen LogP) is 4.19. The quantitative estimate of drug-likeness (QED) is 0.859. The van der Waals surface area contributed by atoms with Gasteiger partial charge in [-0.3, -0.25) is 9.59 Å². The molecule has 1 unspecified atom stereocenters. The molecule has 0 aliphatic rings. The number of hydrogen-bond donors (Lipinski definition) is 2. The van der Waals surface area contributed by atoms with Gasteiger partial charge in [0, 0.05) is 5.02 Å². The van der Waals surface area contributed by atoms with E-state index >= 15 is 0 Å². The number of halogens is 2. The molecule has 114 valence electrons. The van der Waals surface area contributed by atoms with Crippen molar-refractivity contribution in [2.75, 3.05) is 5.32 Å². The molecule has 0 aromatic heterocycles. The zero-order chi connectivity index (χ0) is 16.1. The molecule has 1 atom stereocenters. The topological polar surface area (TPSA) is 66.4 Å². The maximum absolute atomic E-state index is 12.4. The van der Waals surface area contributed by atoms with Gasteiger partial charge in [-0.05, 0) is 23.8 Å². The molecule has 2 rings (SSSR count). The van der Waals surface area contributed by atoms with Crippen LogP contribution in [0.2, 0.25) is 10.0 Å². The third kappa shape index (κ3) is 4.23. The van der Waals surface area contributed by atoms with Crippen molar-refractivity contribution < 1.29 is 14.7 Å². The van der Waals surface area contributed by atoms with E-state index in [2.05, 4.69) is 5.32 Å². The van der Waals surface area contributed by atoms with Crippen molar-refractivity contribution in [3.05, 3.63) is 64.1 Å². The van der Waals surface area contributed by atoms with Gasteiger partial charge in [0.1, 0.15) is 0 Å². The molecule has 0 saturated carbocycles. The monoisotopic (exact) mass is 337 g/mol. The lowest BCUT2D eigenvalue weighted by Crippen LogP contribution is -2.23. The van der Waals surface area contributed by atoms with E-state index < -0.39 is 17.8 Å². The smallest absolute Gasteiger partial charge is 0.304 e. The third-order valence-electron chi connectivity index (χ3n) is 3.09. The number of nitrogens with one attached hydrogen (secondary N) is 1. The lowest BCUT2D eigenvalue weighted by molar-refractivity contribution is -0.139. The molecule has 1 amide bonds. The van der Waals surface area contributed by atoms with Crippen LogP contribution in [0.3, 0.4) is 0 Å². The number of benzene rings is 2. The summed E-state index contributed by atoms with van der Waals surface area (Å²) in [6.07, 6.45) is -0.305. The summed E-state index contributed by atoms with van der Waals surface area (Å²) in [5, 5.41) is 12.4. The van der Waals surface area contributed by atoms with Crippen molar-refractivity contribution in [3.63, 3.8) is 0 Å². The van der Waals surface area contributed by atoms with Gasteiger partial charge in [0.2, 0.25) is 5.91 Å². The molecule has 4 nitrogen and oxygen atoms in total. The molecule has 0 fully saturated rings. The summed E-state index contributed by atoms with van der Waals surface area (Å²) in [6.45, 7) is 0. The molecule has 0 saturated heterocycles. The predicted molar refractivity (Wildman–Crippen MR) is 86.5 cm³/mol. The van der Waals surface area contributed by atoms with E-state index in [1.807, 2.05) is 0 Å². The zero-order valence-corrected chi connectivity index (χ0v) is 12.9. The average Bonchev–Trinajstić information content (AvgIpc) is 2.48. The van der Waals surface area contributed by atoms with Crippen molar-refractivity contribution >= 4 is 40.8 Å². The molecular formula is C16H13Cl2NO3. The van der Waals surface area contributed by atoms with E-state index in [1.165, 1.54) is 6.07 Å². The van der Waals surface area contributed by atoms with E-state index in [0.717, 1.165) is 0 Å². The Morgan fingerprint density at radius 2 is 1.77 bits per heavy atom. The number of hydrogen-bond acceptors (Lipinski definition) is 2. The molecule has 0 radical (unpaired) electrons. The molecule has 0 spiro atoms. The Balaban J connectivity index is 2.24. The number of anilines is 1. The Kier molecular flexibility index (Phi) is 5.41. The Morgan fingerprint density at radius 1 is 1.09 bits per heavy atom. The van der Waals surface area contributed by atoms with Gasteiger partial charge in [0.25, 0.3) is 0 Å². The average molecular weight is 338 g/mol. The van der Waals surface area contributed by atoms with Crippen molar-refractivity contribution in [1.29, 1.82) is 0 Å². The van der Waals surface area contributed by atoms with Crippen molar-refractivity contribution in [2.24, 2.45) is 0 Å². The maximum atomic E-state index is 12.4. The van der Waals surface area contributed by atoms with Crippen LogP contribution in [0, 0.1) is 0 Å². The highest BCUT2D eigenvalue weighted by Gasteiger charge is 2.24. The number of aliphatic carboxylic acids is 1. The highest BCUT2D eigenvalue weighted by Crippen LogP contribution is 2.28. The van der Waals surface area contributed by atoms with Gasteiger partial charge in [-0.15, -0.1) is 0 Å². The number of rotatable bonds is 5. The minimum atomic E-state index is -1.05. The van der Waals surface area contributed by atoms with Gasteiger partial charge in [0.15, 0.2) is 0 Å². The van der Waals surface area contributed by atoms with Crippen LogP contribution in [-0.2, 0) is 9.59 Å². The zero-order valence-electron chi connectivity index (χ0n) is 11.4. The highest BCUT2D eigenvalue weighted by molar-refractivity contribution is 6.36. The number of carboxylic acid groups (broad SMARTS) is 1. The summed E-state index contributed by atoms with van der Waals surface area (Å²) in [4.78, 5) is 23.4. The van der Waals surface area contributed by atoms with Crippen LogP contribution in [0.15, 0.2) is 48.5 Å². The van der Waals surface area contributed by atoms with Crippen LogP contribution in [0.25, 0.3) is 0 Å². The first-order chi connectivity index (χ1) is 10.5. The second-order valence-electron chi connectivity index (χ2n) is 4.67. The Bertz CT molecular complexity index is 689. The van der Waals surface area contributed by atoms with Crippen LogP contribution < -0.4 is 5.32 Å². The minimum Gasteiger partial charge on any atom is -0.481 e. The van der Waals surface area contributed by atoms with Crippen LogP contribution in [0.5, 0.6) is 0 Å². The fourth-order valence-electron chi connectivity index (χ4n) is 2.03. The van der Waals surface area contributed by atoms with Gasteiger partial charge < -0.3 is 10.4 Å². The molecule has 2 aromatic carbocycles. The standard InChI is InChI=1S/C16H13Cl2NO3/c17-11-6-7-14(13(18)8-11)19-16(22)12(9-15(20)21)10-4-2-1-3-5-10/h1-8,12H,9H2,(H,19,22)(H,20,21). The molecule has 22 heavy (non-hydrogen) atoms. The highest BCUT2D eigenvalue weighted by atomic mass is 35.5. The fourth-order valence-corrected chi connectivity index (χ4v) is 2.49. The molecule has 6 heteroatoms. The van der Waals surface area contributed by atoms with E-state index in [9.17, 15) is 9.59 Å². The normalized spacial score (nSPS) is 11.7. The van der Waals surface area contributed by atoms with E-state index in [0.29, 0.717) is 21.3 Å². The summed E-state index contributed by atoms with van der Waals surface area (Å²) in [7, 11) is 0. The first-order valence-corrected chi connectivity index (χ1v) is 7.25. The van der Waals surface area contributed by atoms with Gasteiger partial charge in [-0.2, -0.15) is 0 Å². The molecular weight excluding hydrogens is 325 g/mol.